The first-order valence-electron chi connectivity index (χ1n) is 7.42. The number of nitrogens with zero attached hydrogens (tertiary/aromatic N) is 1. The Morgan fingerprint density at radius 3 is 2.40 bits per heavy atom. The molecule has 2 aliphatic rings. The lowest BCUT2D eigenvalue weighted by atomic mass is 9.89. The molecule has 2 fully saturated rings. The van der Waals surface area contributed by atoms with Crippen molar-refractivity contribution < 1.29 is 14.3 Å². The fourth-order valence-electron chi connectivity index (χ4n) is 3.03. The molecule has 0 aliphatic carbocycles. The van der Waals surface area contributed by atoms with Crippen LogP contribution < -0.4 is 10.6 Å². The Labute approximate surface area is 120 Å². The quantitative estimate of drug-likeness (QED) is 0.739. The molecule has 0 radical (unpaired) electrons. The molecule has 0 spiro atoms. The maximum Gasteiger partial charge on any atom is 0.242 e. The van der Waals surface area contributed by atoms with Gasteiger partial charge in [0.25, 0.3) is 0 Å². The van der Waals surface area contributed by atoms with Crippen molar-refractivity contribution >= 4 is 11.8 Å². The van der Waals surface area contributed by atoms with Gasteiger partial charge < -0.3 is 20.3 Å². The van der Waals surface area contributed by atoms with Gasteiger partial charge in [0.05, 0.1) is 24.7 Å². The zero-order valence-electron chi connectivity index (χ0n) is 12.5. The number of nitrogens with one attached hydrogen (secondary N) is 2. The van der Waals surface area contributed by atoms with Crippen LogP contribution in [0.15, 0.2) is 0 Å². The van der Waals surface area contributed by atoms with Crippen LogP contribution in [0.5, 0.6) is 0 Å². The fraction of sp³-hybridized carbons (Fsp3) is 0.857. The minimum atomic E-state index is -0.166. The molecule has 2 amide bonds. The molecule has 2 saturated heterocycles. The van der Waals surface area contributed by atoms with Gasteiger partial charge in [-0.15, -0.1) is 0 Å². The first-order valence-corrected chi connectivity index (χ1v) is 7.42. The van der Waals surface area contributed by atoms with Crippen molar-refractivity contribution in [2.45, 2.75) is 33.0 Å². The molecule has 6 heteroatoms. The number of piperazine rings is 1. The van der Waals surface area contributed by atoms with Crippen LogP contribution in [0, 0.1) is 11.8 Å². The lowest BCUT2D eigenvalue weighted by Crippen LogP contribution is -2.50. The molecule has 4 atom stereocenters. The second-order valence-electron chi connectivity index (χ2n) is 5.78. The molecule has 2 heterocycles. The minimum absolute atomic E-state index is 0.00730. The van der Waals surface area contributed by atoms with Gasteiger partial charge in [-0.2, -0.15) is 0 Å². The summed E-state index contributed by atoms with van der Waals surface area (Å²) < 4.78 is 5.67. The monoisotopic (exact) mass is 283 g/mol. The van der Waals surface area contributed by atoms with Crippen LogP contribution >= 0.6 is 0 Å². The lowest BCUT2D eigenvalue weighted by molar-refractivity contribution is -0.135. The Morgan fingerprint density at radius 2 is 1.85 bits per heavy atom. The Hall–Kier alpha value is -1.14. The average Bonchev–Trinajstić information content (AvgIpc) is 2.70. The molecule has 0 aromatic heterocycles. The summed E-state index contributed by atoms with van der Waals surface area (Å²) in [6, 6.07) is 0. The van der Waals surface area contributed by atoms with E-state index in [0.717, 1.165) is 13.1 Å². The van der Waals surface area contributed by atoms with Crippen molar-refractivity contribution in [3.05, 3.63) is 0 Å². The normalized spacial score (nSPS) is 34.0. The summed E-state index contributed by atoms with van der Waals surface area (Å²) in [5.74, 6) is -0.0648. The number of amides is 2. The van der Waals surface area contributed by atoms with E-state index in [0.29, 0.717) is 13.1 Å². The maximum atomic E-state index is 12.2. The Kier molecular flexibility index (Phi) is 4.99. The van der Waals surface area contributed by atoms with E-state index < -0.39 is 0 Å². The Morgan fingerprint density at radius 1 is 1.20 bits per heavy atom. The van der Waals surface area contributed by atoms with Crippen molar-refractivity contribution in [2.75, 3.05) is 32.7 Å². The highest BCUT2D eigenvalue weighted by molar-refractivity contribution is 5.86. The number of hydrogen-bond acceptors (Lipinski definition) is 4. The molecule has 6 nitrogen and oxygen atoms in total. The zero-order valence-corrected chi connectivity index (χ0v) is 12.5. The van der Waals surface area contributed by atoms with E-state index in [4.69, 9.17) is 4.74 Å². The predicted octanol–water partition coefficient (Wildman–Crippen LogP) is -0.406. The molecule has 0 aromatic carbocycles. The van der Waals surface area contributed by atoms with Gasteiger partial charge in [-0.3, -0.25) is 9.59 Å². The summed E-state index contributed by atoms with van der Waals surface area (Å²) in [7, 11) is 0. The first-order chi connectivity index (χ1) is 9.50. The van der Waals surface area contributed by atoms with E-state index >= 15 is 0 Å². The average molecular weight is 283 g/mol. The van der Waals surface area contributed by atoms with E-state index in [-0.39, 0.29) is 42.4 Å². The SMILES string of the molecule is CC1OC(C)C(C(=O)NCC(=O)N2CCNCC2)C1C. The molecule has 2 rings (SSSR count). The molecule has 114 valence electrons. The third-order valence-electron chi connectivity index (χ3n) is 4.43. The second kappa shape index (κ2) is 6.54. The maximum absolute atomic E-state index is 12.2. The van der Waals surface area contributed by atoms with Crippen molar-refractivity contribution in [3.63, 3.8) is 0 Å². The molecule has 0 saturated carbocycles. The van der Waals surface area contributed by atoms with Crippen LogP contribution in [0.3, 0.4) is 0 Å². The van der Waals surface area contributed by atoms with Gasteiger partial charge in [0.2, 0.25) is 11.8 Å². The van der Waals surface area contributed by atoms with Gasteiger partial charge >= 0.3 is 0 Å². The number of ether oxygens (including phenoxy) is 1. The van der Waals surface area contributed by atoms with Crippen LogP contribution in [0.1, 0.15) is 20.8 Å². The number of hydrogen-bond donors (Lipinski definition) is 2. The first kappa shape index (κ1) is 15.3. The molecule has 20 heavy (non-hydrogen) atoms. The third kappa shape index (κ3) is 3.30. The summed E-state index contributed by atoms with van der Waals surface area (Å²) in [5, 5.41) is 5.97. The van der Waals surface area contributed by atoms with E-state index in [1.807, 2.05) is 20.8 Å². The second-order valence-corrected chi connectivity index (χ2v) is 5.78. The van der Waals surface area contributed by atoms with Gasteiger partial charge in [-0.25, -0.2) is 0 Å². The van der Waals surface area contributed by atoms with Crippen molar-refractivity contribution in [1.82, 2.24) is 15.5 Å². The zero-order chi connectivity index (χ0) is 14.7. The van der Waals surface area contributed by atoms with Crippen LogP contribution in [-0.4, -0.2) is 61.6 Å². The molecular formula is C14H25N3O3. The lowest BCUT2D eigenvalue weighted by Gasteiger charge is -2.28. The van der Waals surface area contributed by atoms with Crippen LogP contribution in [0.2, 0.25) is 0 Å². The van der Waals surface area contributed by atoms with E-state index in [1.54, 1.807) is 4.90 Å². The molecule has 2 N–H and O–H groups in total. The smallest absolute Gasteiger partial charge is 0.242 e. The number of carbonyl (C=O) groups is 2. The van der Waals surface area contributed by atoms with Gasteiger partial charge in [0.15, 0.2) is 0 Å². The predicted molar refractivity (Wildman–Crippen MR) is 75.1 cm³/mol. The van der Waals surface area contributed by atoms with Crippen LogP contribution in [0.25, 0.3) is 0 Å². The Balaban J connectivity index is 1.81. The summed E-state index contributed by atoms with van der Waals surface area (Å²) in [6.07, 6.45) is -0.00101. The summed E-state index contributed by atoms with van der Waals surface area (Å²) >= 11 is 0. The van der Waals surface area contributed by atoms with Gasteiger partial charge in [0, 0.05) is 26.2 Å². The van der Waals surface area contributed by atoms with E-state index in [9.17, 15) is 9.59 Å². The fourth-order valence-corrected chi connectivity index (χ4v) is 3.03. The van der Waals surface area contributed by atoms with Gasteiger partial charge in [-0.05, 0) is 19.8 Å². The van der Waals surface area contributed by atoms with Gasteiger partial charge in [-0.1, -0.05) is 6.92 Å². The molecule has 2 aliphatic heterocycles. The highest BCUT2D eigenvalue weighted by Crippen LogP contribution is 2.32. The molecule has 0 bridgehead atoms. The van der Waals surface area contributed by atoms with Crippen molar-refractivity contribution in [3.8, 4) is 0 Å². The summed E-state index contributed by atoms with van der Waals surface area (Å²) in [6.45, 7) is 9.09. The molecule has 0 aromatic rings. The van der Waals surface area contributed by atoms with Gasteiger partial charge in [0.1, 0.15) is 0 Å². The van der Waals surface area contributed by atoms with Crippen LogP contribution in [-0.2, 0) is 14.3 Å². The van der Waals surface area contributed by atoms with E-state index in [1.165, 1.54) is 0 Å². The van der Waals surface area contributed by atoms with Crippen LogP contribution in [0.4, 0.5) is 0 Å². The highest BCUT2D eigenvalue weighted by atomic mass is 16.5. The highest BCUT2D eigenvalue weighted by Gasteiger charge is 2.41. The largest absolute Gasteiger partial charge is 0.374 e. The van der Waals surface area contributed by atoms with Crippen molar-refractivity contribution in [2.24, 2.45) is 11.8 Å². The summed E-state index contributed by atoms with van der Waals surface area (Å²) in [5.41, 5.74) is 0. The standard InChI is InChI=1S/C14H25N3O3/c1-9-10(2)20-11(3)13(9)14(19)16-8-12(18)17-6-4-15-5-7-17/h9-11,13,15H,4-8H2,1-3H3,(H,16,19). The van der Waals surface area contributed by atoms with E-state index in [2.05, 4.69) is 10.6 Å². The number of carbonyl (C=O) groups excluding carboxylic acids is 2. The third-order valence-corrected chi connectivity index (χ3v) is 4.43. The molecule has 4 unspecified atom stereocenters. The minimum Gasteiger partial charge on any atom is -0.374 e. The topological polar surface area (TPSA) is 70.7 Å². The molecular weight excluding hydrogens is 258 g/mol. The number of rotatable bonds is 3. The Bertz CT molecular complexity index is 369. The van der Waals surface area contributed by atoms with Crippen molar-refractivity contribution in [1.29, 1.82) is 0 Å². The summed E-state index contributed by atoms with van der Waals surface area (Å²) in [4.78, 5) is 26.0.